The van der Waals surface area contributed by atoms with E-state index in [9.17, 15) is 14.4 Å². The van der Waals surface area contributed by atoms with Gasteiger partial charge in [-0.3, -0.25) is 19.3 Å². The molecule has 1 aromatic heterocycles. The van der Waals surface area contributed by atoms with Gasteiger partial charge in [-0.25, -0.2) is 0 Å². The van der Waals surface area contributed by atoms with Crippen molar-refractivity contribution in [3.05, 3.63) is 70.4 Å². The van der Waals surface area contributed by atoms with E-state index < -0.39 is 11.8 Å². The van der Waals surface area contributed by atoms with Crippen LogP contribution in [-0.2, 0) is 17.6 Å². The maximum absolute atomic E-state index is 12.5. The van der Waals surface area contributed by atoms with Crippen molar-refractivity contribution < 1.29 is 14.4 Å². The molecular weight excluding hydrogens is 354 g/mol. The highest BCUT2D eigenvalue weighted by molar-refractivity contribution is 6.22. The van der Waals surface area contributed by atoms with Gasteiger partial charge in [-0.1, -0.05) is 23.8 Å². The number of benzene rings is 2. The highest BCUT2D eigenvalue weighted by Gasteiger charge is 2.37. The molecular formula is C22H19N3O3. The van der Waals surface area contributed by atoms with Crippen LogP contribution in [0.25, 0.3) is 10.9 Å². The van der Waals surface area contributed by atoms with Gasteiger partial charge in [-0.15, -0.1) is 0 Å². The number of aromatic nitrogens is 1. The molecule has 28 heavy (non-hydrogen) atoms. The Morgan fingerprint density at radius 3 is 2.54 bits per heavy atom. The van der Waals surface area contributed by atoms with E-state index in [0.717, 1.165) is 29.0 Å². The van der Waals surface area contributed by atoms with Gasteiger partial charge in [0.15, 0.2) is 0 Å². The molecule has 0 saturated heterocycles. The molecule has 3 amide bonds. The van der Waals surface area contributed by atoms with Crippen molar-refractivity contribution in [3.8, 4) is 0 Å². The van der Waals surface area contributed by atoms with Crippen molar-refractivity contribution >= 4 is 28.6 Å². The smallest absolute Gasteiger partial charge is 0.262 e. The largest absolute Gasteiger partial charge is 0.358 e. The minimum Gasteiger partial charge on any atom is -0.358 e. The average Bonchev–Trinajstić information content (AvgIpc) is 3.28. The van der Waals surface area contributed by atoms with Gasteiger partial charge in [0.25, 0.3) is 11.8 Å². The molecule has 0 radical (unpaired) electrons. The lowest BCUT2D eigenvalue weighted by molar-refractivity contribution is -0.122. The standard InChI is InChI=1S/C22H19N3O3/c1-12-6-7-18-16(8-12)17-9-13(10-19(17)24-18)23-20(26)11-25-21(27)14-4-2-3-5-15(14)22(25)28/h2-8,13,24H,9-11H2,1H3,(H,23,26). The number of hydrogen-bond acceptors (Lipinski definition) is 3. The number of carbonyl (C=O) groups excluding carboxylic acids is 3. The van der Waals surface area contributed by atoms with Crippen molar-refractivity contribution in [2.24, 2.45) is 0 Å². The molecule has 0 bridgehead atoms. The molecule has 0 fully saturated rings. The Kier molecular flexibility index (Phi) is 3.62. The fraction of sp³-hybridized carbons (Fsp3) is 0.227. The van der Waals surface area contributed by atoms with E-state index in [4.69, 9.17) is 0 Å². The summed E-state index contributed by atoms with van der Waals surface area (Å²) in [4.78, 5) is 41.8. The monoisotopic (exact) mass is 373 g/mol. The van der Waals surface area contributed by atoms with Crippen LogP contribution in [0.15, 0.2) is 42.5 Å². The highest BCUT2D eigenvalue weighted by atomic mass is 16.2. The lowest BCUT2D eigenvalue weighted by Gasteiger charge is -2.17. The summed E-state index contributed by atoms with van der Waals surface area (Å²) in [6.45, 7) is 1.81. The molecule has 0 spiro atoms. The molecule has 2 N–H and O–H groups in total. The minimum absolute atomic E-state index is 0.0335. The molecule has 1 aliphatic carbocycles. The van der Waals surface area contributed by atoms with E-state index in [1.807, 2.05) is 0 Å². The summed E-state index contributed by atoms with van der Waals surface area (Å²) in [6, 6.07) is 12.9. The lowest BCUT2D eigenvalue weighted by atomic mass is 10.1. The number of H-pyrrole nitrogens is 1. The van der Waals surface area contributed by atoms with E-state index >= 15 is 0 Å². The van der Waals surface area contributed by atoms with Gasteiger partial charge in [0.05, 0.1) is 11.1 Å². The first-order valence-corrected chi connectivity index (χ1v) is 9.36. The summed E-state index contributed by atoms with van der Waals surface area (Å²) >= 11 is 0. The third-order valence-electron chi connectivity index (χ3n) is 5.60. The van der Waals surface area contributed by atoms with Gasteiger partial charge in [0.2, 0.25) is 5.91 Å². The number of nitrogens with one attached hydrogen (secondary N) is 2. The van der Waals surface area contributed by atoms with Crippen LogP contribution in [-0.4, -0.2) is 40.2 Å². The number of amides is 3. The van der Waals surface area contributed by atoms with Crippen molar-refractivity contribution in [1.29, 1.82) is 0 Å². The number of rotatable bonds is 3. The normalized spacial score (nSPS) is 17.9. The van der Waals surface area contributed by atoms with Crippen LogP contribution in [0.2, 0.25) is 0 Å². The van der Waals surface area contributed by atoms with E-state index in [-0.39, 0.29) is 18.5 Å². The van der Waals surface area contributed by atoms with Gasteiger partial charge in [-0.05, 0) is 43.2 Å². The predicted molar refractivity (Wildman–Crippen MR) is 104 cm³/mol. The van der Waals surface area contributed by atoms with E-state index in [2.05, 4.69) is 35.4 Å². The quantitative estimate of drug-likeness (QED) is 0.692. The fourth-order valence-electron chi connectivity index (χ4n) is 4.29. The summed E-state index contributed by atoms with van der Waals surface area (Å²) in [7, 11) is 0. The molecule has 6 heteroatoms. The SMILES string of the molecule is Cc1ccc2[nH]c3c(c2c1)CC(NC(=O)CN1C(=O)c2ccccc2C1=O)C3. The summed E-state index contributed by atoms with van der Waals surface area (Å²) < 4.78 is 0. The molecule has 1 aliphatic heterocycles. The van der Waals surface area contributed by atoms with Crippen LogP contribution in [0.4, 0.5) is 0 Å². The van der Waals surface area contributed by atoms with E-state index in [1.165, 1.54) is 16.5 Å². The van der Waals surface area contributed by atoms with Crippen molar-refractivity contribution in [3.63, 3.8) is 0 Å². The molecule has 2 aromatic carbocycles. The maximum atomic E-state index is 12.5. The first-order chi connectivity index (χ1) is 13.5. The Morgan fingerprint density at radius 1 is 1.11 bits per heavy atom. The number of aryl methyl sites for hydroxylation is 1. The van der Waals surface area contributed by atoms with Crippen LogP contribution in [0.5, 0.6) is 0 Å². The van der Waals surface area contributed by atoms with E-state index in [0.29, 0.717) is 11.1 Å². The molecule has 1 atom stereocenters. The van der Waals surface area contributed by atoms with Crippen LogP contribution in [0, 0.1) is 6.92 Å². The highest BCUT2D eigenvalue weighted by Crippen LogP contribution is 2.31. The number of nitrogens with zero attached hydrogens (tertiary/aromatic N) is 1. The maximum Gasteiger partial charge on any atom is 0.262 e. The summed E-state index contributed by atoms with van der Waals surface area (Å²) in [5.41, 5.74) is 5.42. The van der Waals surface area contributed by atoms with Crippen molar-refractivity contribution in [1.82, 2.24) is 15.2 Å². The summed E-state index contributed by atoms with van der Waals surface area (Å²) in [6.07, 6.45) is 1.46. The first-order valence-electron chi connectivity index (χ1n) is 9.36. The molecule has 6 nitrogen and oxygen atoms in total. The van der Waals surface area contributed by atoms with Crippen LogP contribution < -0.4 is 5.32 Å². The van der Waals surface area contributed by atoms with Gasteiger partial charge in [0.1, 0.15) is 6.54 Å². The Balaban J connectivity index is 1.28. The molecule has 1 unspecified atom stereocenters. The third kappa shape index (κ3) is 2.52. The zero-order valence-corrected chi connectivity index (χ0v) is 15.4. The second-order valence-corrected chi connectivity index (χ2v) is 7.55. The molecule has 2 heterocycles. The van der Waals surface area contributed by atoms with Crippen LogP contribution >= 0.6 is 0 Å². The summed E-state index contributed by atoms with van der Waals surface area (Å²) in [5, 5.41) is 4.18. The number of hydrogen-bond donors (Lipinski definition) is 2. The van der Waals surface area contributed by atoms with Crippen molar-refractivity contribution in [2.75, 3.05) is 6.54 Å². The molecule has 140 valence electrons. The second-order valence-electron chi connectivity index (χ2n) is 7.55. The van der Waals surface area contributed by atoms with Gasteiger partial charge in [-0.2, -0.15) is 0 Å². The Labute approximate surface area is 161 Å². The second kappa shape index (κ2) is 6.05. The molecule has 5 rings (SSSR count). The first kappa shape index (κ1) is 16.7. The van der Waals surface area contributed by atoms with Crippen molar-refractivity contribution in [2.45, 2.75) is 25.8 Å². The molecule has 2 aliphatic rings. The van der Waals surface area contributed by atoms with Crippen LogP contribution in [0.3, 0.4) is 0 Å². The minimum atomic E-state index is -0.408. The van der Waals surface area contributed by atoms with Gasteiger partial charge in [0, 0.05) is 29.1 Å². The zero-order valence-electron chi connectivity index (χ0n) is 15.4. The summed E-state index contributed by atoms with van der Waals surface area (Å²) in [5.74, 6) is -1.13. The Bertz CT molecular complexity index is 1130. The third-order valence-corrected chi connectivity index (χ3v) is 5.60. The molecule has 3 aromatic rings. The average molecular weight is 373 g/mol. The van der Waals surface area contributed by atoms with Crippen LogP contribution in [0.1, 0.15) is 37.5 Å². The lowest BCUT2D eigenvalue weighted by Crippen LogP contribution is -2.44. The zero-order chi connectivity index (χ0) is 19.4. The Morgan fingerprint density at radius 2 is 1.82 bits per heavy atom. The van der Waals surface area contributed by atoms with Gasteiger partial charge < -0.3 is 10.3 Å². The Hall–Kier alpha value is -3.41. The predicted octanol–water partition coefficient (Wildman–Crippen LogP) is 2.36. The van der Waals surface area contributed by atoms with E-state index in [1.54, 1.807) is 24.3 Å². The van der Waals surface area contributed by atoms with Gasteiger partial charge >= 0.3 is 0 Å². The number of carbonyl (C=O) groups is 3. The number of imide groups is 1. The molecule has 0 saturated carbocycles. The number of fused-ring (bicyclic) bond motifs is 4. The fourth-order valence-corrected chi connectivity index (χ4v) is 4.29. The number of aromatic amines is 1. The topological polar surface area (TPSA) is 82.3 Å².